The lowest BCUT2D eigenvalue weighted by Crippen LogP contribution is -2.52. The molecular formula is C25H20BrClN4O2. The number of nitrogens with one attached hydrogen (secondary N) is 1. The summed E-state index contributed by atoms with van der Waals surface area (Å²) in [6.07, 6.45) is 0.770. The van der Waals surface area contributed by atoms with Gasteiger partial charge in [0.05, 0.1) is 5.57 Å². The van der Waals surface area contributed by atoms with Gasteiger partial charge >= 0.3 is 0 Å². The van der Waals surface area contributed by atoms with E-state index in [1.807, 2.05) is 13.8 Å². The van der Waals surface area contributed by atoms with Crippen LogP contribution in [0.25, 0.3) is 0 Å². The lowest BCUT2D eigenvalue weighted by Gasteiger charge is -2.46. The Bertz CT molecular complexity index is 1350. The number of nitrogens with zero attached hydrogens (tertiary/aromatic N) is 2. The number of nitrogens with two attached hydrogens (primary N) is 1. The first-order valence-corrected chi connectivity index (χ1v) is 11.6. The number of benzene rings is 2. The van der Waals surface area contributed by atoms with Crippen LogP contribution in [0.3, 0.4) is 0 Å². The first-order valence-electron chi connectivity index (χ1n) is 10.4. The van der Waals surface area contributed by atoms with Crippen LogP contribution < -0.4 is 16.0 Å². The molecule has 3 N–H and O–H groups in total. The highest BCUT2D eigenvalue weighted by atomic mass is 79.9. The number of amides is 1. The standard InChI is InChI=1S/C25H20BrClN4O2/c1-24(2)10-19-21(20(32)11-24)25(16-9-13(26)3-8-18(16)30-23(25)33)17(12-28)22(29)31(19)15-6-4-14(27)5-7-15/h3-9H,10-11,29H2,1-2H3,(H,30,33). The smallest absolute Gasteiger partial charge is 0.245 e. The minimum absolute atomic E-state index is 0.0404. The van der Waals surface area contributed by atoms with Crippen LogP contribution in [0.1, 0.15) is 32.3 Å². The van der Waals surface area contributed by atoms with Crippen molar-refractivity contribution in [3.05, 3.63) is 80.2 Å². The van der Waals surface area contributed by atoms with Crippen LogP contribution in [0.5, 0.6) is 0 Å². The van der Waals surface area contributed by atoms with Gasteiger partial charge in [0.15, 0.2) is 5.78 Å². The van der Waals surface area contributed by atoms with Gasteiger partial charge in [-0.1, -0.05) is 41.4 Å². The maximum Gasteiger partial charge on any atom is 0.245 e. The van der Waals surface area contributed by atoms with Crippen LogP contribution in [0.2, 0.25) is 5.02 Å². The topological polar surface area (TPSA) is 99.2 Å². The largest absolute Gasteiger partial charge is 0.384 e. The number of nitriles is 1. The second kappa shape index (κ2) is 7.21. The minimum Gasteiger partial charge on any atom is -0.384 e. The van der Waals surface area contributed by atoms with Crippen molar-refractivity contribution in [3.63, 3.8) is 0 Å². The molecule has 1 aliphatic carbocycles. The molecule has 0 aromatic heterocycles. The van der Waals surface area contributed by atoms with Crippen molar-refractivity contribution in [2.24, 2.45) is 11.1 Å². The number of anilines is 2. The number of hydrogen-bond acceptors (Lipinski definition) is 5. The molecule has 1 spiro atoms. The number of allylic oxidation sites excluding steroid dienone is 1. The highest BCUT2D eigenvalue weighted by molar-refractivity contribution is 9.10. The molecule has 0 saturated carbocycles. The Kier molecular flexibility index (Phi) is 4.75. The summed E-state index contributed by atoms with van der Waals surface area (Å²) in [5.74, 6) is -0.470. The molecule has 1 amide bonds. The molecule has 1 atom stereocenters. The number of Topliss-reactive ketones (excluding diaryl/α,β-unsaturated/α-hetero) is 1. The van der Waals surface area contributed by atoms with Crippen LogP contribution in [0.15, 0.2) is 69.6 Å². The molecule has 6 nitrogen and oxygen atoms in total. The molecule has 33 heavy (non-hydrogen) atoms. The van der Waals surface area contributed by atoms with Crippen LogP contribution in [-0.2, 0) is 15.0 Å². The Balaban J connectivity index is 1.90. The Labute approximate surface area is 204 Å². The number of fused-ring (bicyclic) bond motifs is 3. The Morgan fingerprint density at radius 2 is 1.85 bits per heavy atom. The van der Waals surface area contributed by atoms with E-state index >= 15 is 0 Å². The number of carbonyl (C=O) groups excluding carboxylic acids is 2. The molecule has 0 radical (unpaired) electrons. The quantitative estimate of drug-likeness (QED) is 0.539. The van der Waals surface area contributed by atoms with Gasteiger partial charge in [0.25, 0.3) is 0 Å². The van der Waals surface area contributed by atoms with Gasteiger partial charge in [-0.2, -0.15) is 5.26 Å². The summed E-state index contributed by atoms with van der Waals surface area (Å²) >= 11 is 9.57. The maximum atomic E-state index is 13.8. The zero-order valence-electron chi connectivity index (χ0n) is 18.0. The van der Waals surface area contributed by atoms with E-state index in [1.165, 1.54) is 0 Å². The van der Waals surface area contributed by atoms with E-state index in [0.717, 1.165) is 4.47 Å². The zero-order chi connectivity index (χ0) is 23.7. The van der Waals surface area contributed by atoms with Crippen molar-refractivity contribution >= 4 is 50.6 Å². The molecule has 2 aliphatic heterocycles. The van der Waals surface area contributed by atoms with Gasteiger partial charge in [0.1, 0.15) is 17.3 Å². The highest BCUT2D eigenvalue weighted by Crippen LogP contribution is 2.57. The number of ketones is 1. The van der Waals surface area contributed by atoms with Crippen molar-refractivity contribution in [1.82, 2.24) is 0 Å². The summed E-state index contributed by atoms with van der Waals surface area (Å²) in [6, 6.07) is 14.6. The fourth-order valence-corrected chi connectivity index (χ4v) is 5.76. The fraction of sp³-hybridized carbons (Fsp3) is 0.240. The lowest BCUT2D eigenvalue weighted by molar-refractivity contribution is -0.123. The lowest BCUT2D eigenvalue weighted by atomic mass is 9.61. The monoisotopic (exact) mass is 522 g/mol. The van der Waals surface area contributed by atoms with E-state index in [-0.39, 0.29) is 29.0 Å². The minimum atomic E-state index is -1.59. The van der Waals surface area contributed by atoms with E-state index in [0.29, 0.717) is 39.7 Å². The summed E-state index contributed by atoms with van der Waals surface area (Å²) in [7, 11) is 0. The molecule has 8 heteroatoms. The van der Waals surface area contributed by atoms with Crippen molar-refractivity contribution in [2.75, 3.05) is 10.2 Å². The molecule has 5 rings (SSSR count). The van der Waals surface area contributed by atoms with Crippen molar-refractivity contribution < 1.29 is 9.59 Å². The number of halogens is 2. The predicted octanol–water partition coefficient (Wildman–Crippen LogP) is 5.15. The number of rotatable bonds is 1. The van der Waals surface area contributed by atoms with E-state index in [4.69, 9.17) is 17.3 Å². The normalized spacial score (nSPS) is 23.4. The second-order valence-corrected chi connectivity index (χ2v) is 10.7. The molecule has 3 aliphatic rings. The number of carbonyl (C=O) groups is 2. The molecule has 1 unspecified atom stereocenters. The fourth-order valence-electron chi connectivity index (χ4n) is 5.28. The molecule has 0 bridgehead atoms. The Morgan fingerprint density at radius 1 is 1.15 bits per heavy atom. The van der Waals surface area contributed by atoms with Gasteiger partial charge in [0.2, 0.25) is 5.91 Å². The molecule has 2 heterocycles. The SMILES string of the molecule is CC1(C)CC(=O)C2=C(C1)N(c1ccc(Cl)cc1)C(N)=C(C#N)C21C(=O)Nc2ccc(Br)cc21. The van der Waals surface area contributed by atoms with Crippen LogP contribution in [0.4, 0.5) is 11.4 Å². The van der Waals surface area contributed by atoms with Gasteiger partial charge in [-0.3, -0.25) is 14.5 Å². The first-order chi connectivity index (χ1) is 15.6. The highest BCUT2D eigenvalue weighted by Gasteiger charge is 2.61. The van der Waals surface area contributed by atoms with Crippen molar-refractivity contribution in [2.45, 2.75) is 32.1 Å². The third-order valence-electron chi connectivity index (χ3n) is 6.54. The first kappa shape index (κ1) is 21.7. The Morgan fingerprint density at radius 3 is 2.52 bits per heavy atom. The average molecular weight is 524 g/mol. The number of hydrogen-bond donors (Lipinski definition) is 2. The summed E-state index contributed by atoms with van der Waals surface area (Å²) in [5, 5.41) is 13.8. The summed E-state index contributed by atoms with van der Waals surface area (Å²) in [6.45, 7) is 4.03. The molecule has 0 fully saturated rings. The van der Waals surface area contributed by atoms with Gasteiger partial charge in [-0.05, 0) is 54.3 Å². The summed E-state index contributed by atoms with van der Waals surface area (Å²) in [4.78, 5) is 29.2. The molecule has 166 valence electrons. The van der Waals surface area contributed by atoms with E-state index in [2.05, 4.69) is 27.3 Å². The molecule has 2 aromatic carbocycles. The summed E-state index contributed by atoms with van der Waals surface area (Å²) < 4.78 is 0.735. The van der Waals surface area contributed by atoms with Crippen LogP contribution in [0, 0.1) is 16.7 Å². The molecule has 2 aromatic rings. The van der Waals surface area contributed by atoms with Crippen molar-refractivity contribution in [3.8, 4) is 6.07 Å². The maximum absolute atomic E-state index is 13.8. The van der Waals surface area contributed by atoms with Gasteiger partial charge in [-0.25, -0.2) is 0 Å². The van der Waals surface area contributed by atoms with E-state index in [9.17, 15) is 14.9 Å². The van der Waals surface area contributed by atoms with Gasteiger partial charge < -0.3 is 11.1 Å². The summed E-state index contributed by atoms with van der Waals surface area (Å²) in [5.41, 5.74) is 7.51. The Hall–Kier alpha value is -3.08. The zero-order valence-corrected chi connectivity index (χ0v) is 20.3. The van der Waals surface area contributed by atoms with Gasteiger partial charge in [0, 0.05) is 44.1 Å². The average Bonchev–Trinajstić information content (AvgIpc) is 3.00. The van der Waals surface area contributed by atoms with Gasteiger partial charge in [-0.15, -0.1) is 0 Å². The third-order valence-corrected chi connectivity index (χ3v) is 7.29. The van der Waals surface area contributed by atoms with E-state index in [1.54, 1.807) is 47.4 Å². The van der Waals surface area contributed by atoms with Crippen molar-refractivity contribution in [1.29, 1.82) is 5.26 Å². The second-order valence-electron chi connectivity index (χ2n) is 9.34. The van der Waals surface area contributed by atoms with E-state index < -0.39 is 11.3 Å². The van der Waals surface area contributed by atoms with Crippen LogP contribution in [-0.4, -0.2) is 11.7 Å². The predicted molar refractivity (Wildman–Crippen MR) is 130 cm³/mol. The third kappa shape index (κ3) is 2.98. The molecular weight excluding hydrogens is 504 g/mol. The molecule has 0 saturated heterocycles. The van der Waals surface area contributed by atoms with Crippen LogP contribution >= 0.6 is 27.5 Å².